The first-order chi connectivity index (χ1) is 9.79. The first kappa shape index (κ1) is 16.0. The molecule has 0 amide bonds. The predicted molar refractivity (Wildman–Crippen MR) is 83.5 cm³/mol. The smallest absolute Gasteiger partial charge is 0.146 e. The Morgan fingerprint density at radius 3 is 2.48 bits per heavy atom. The van der Waals surface area contributed by atoms with Gasteiger partial charge in [-0.3, -0.25) is 0 Å². The Labute approximate surface area is 132 Å². The predicted octanol–water partition coefficient (Wildman–Crippen LogP) is 5.60. The summed E-state index contributed by atoms with van der Waals surface area (Å²) in [6, 6.07) is 10.1. The third-order valence-electron chi connectivity index (χ3n) is 3.22. The maximum atomic E-state index is 13.9. The van der Waals surface area contributed by atoms with Gasteiger partial charge in [0, 0.05) is 0 Å². The van der Waals surface area contributed by atoms with Gasteiger partial charge in [-0.05, 0) is 51.2 Å². The Morgan fingerprint density at radius 1 is 1.10 bits per heavy atom. The average Bonchev–Trinajstić information content (AvgIpc) is 2.42. The van der Waals surface area contributed by atoms with E-state index in [2.05, 4.69) is 36.7 Å². The minimum Gasteiger partial charge on any atom is -0.489 e. The number of ether oxygens (including phenoxy) is 1. The van der Waals surface area contributed by atoms with Gasteiger partial charge in [0.2, 0.25) is 0 Å². The Hall–Kier alpha value is -1.42. The van der Waals surface area contributed by atoms with Crippen LogP contribution in [0.15, 0.2) is 40.9 Å². The van der Waals surface area contributed by atoms with Gasteiger partial charge in [-0.15, -0.1) is 0 Å². The molecule has 2 aromatic rings. The standard InChI is InChI=1S/C17H17BrF2O/c1-17(2,3)11-5-4-6-12(9-11)21-10-13-15(19)8-7-14(18)16(13)20/h4-9H,10H2,1-3H3. The first-order valence-electron chi connectivity index (χ1n) is 6.65. The van der Waals surface area contributed by atoms with Crippen LogP contribution in [0.4, 0.5) is 8.78 Å². The van der Waals surface area contributed by atoms with E-state index in [0.717, 1.165) is 5.56 Å². The van der Waals surface area contributed by atoms with Crippen molar-refractivity contribution in [3.8, 4) is 5.75 Å². The highest BCUT2D eigenvalue weighted by atomic mass is 79.9. The summed E-state index contributed by atoms with van der Waals surface area (Å²) in [5.74, 6) is -0.633. The van der Waals surface area contributed by atoms with Crippen LogP contribution in [0.2, 0.25) is 0 Å². The van der Waals surface area contributed by atoms with Gasteiger partial charge in [0.25, 0.3) is 0 Å². The van der Waals surface area contributed by atoms with Crippen LogP contribution in [-0.4, -0.2) is 0 Å². The summed E-state index contributed by atoms with van der Waals surface area (Å²) in [5.41, 5.74) is 1.02. The second kappa shape index (κ2) is 6.14. The third-order valence-corrected chi connectivity index (χ3v) is 3.83. The molecule has 0 bridgehead atoms. The van der Waals surface area contributed by atoms with E-state index in [1.54, 1.807) is 6.07 Å². The topological polar surface area (TPSA) is 9.23 Å². The summed E-state index contributed by atoms with van der Waals surface area (Å²) in [5, 5.41) is 0. The van der Waals surface area contributed by atoms with Crippen LogP contribution >= 0.6 is 15.9 Å². The molecule has 0 spiro atoms. The molecule has 0 aliphatic heterocycles. The SMILES string of the molecule is CC(C)(C)c1cccc(OCc2c(F)ccc(Br)c2F)c1. The number of rotatable bonds is 3. The zero-order chi connectivity index (χ0) is 15.6. The molecule has 0 N–H and O–H groups in total. The van der Waals surface area contributed by atoms with Gasteiger partial charge < -0.3 is 4.74 Å². The lowest BCUT2D eigenvalue weighted by Gasteiger charge is -2.20. The zero-order valence-corrected chi connectivity index (χ0v) is 13.8. The zero-order valence-electron chi connectivity index (χ0n) is 12.2. The molecule has 0 saturated carbocycles. The summed E-state index contributed by atoms with van der Waals surface area (Å²) >= 11 is 3.05. The van der Waals surface area contributed by atoms with Crippen LogP contribution < -0.4 is 4.74 Å². The molecule has 4 heteroatoms. The molecule has 0 aliphatic rings. The lowest BCUT2D eigenvalue weighted by molar-refractivity contribution is 0.291. The molecule has 0 fully saturated rings. The molecule has 2 aromatic carbocycles. The molecule has 0 saturated heterocycles. The summed E-state index contributed by atoms with van der Waals surface area (Å²) in [6.07, 6.45) is 0. The Bertz CT molecular complexity index is 648. The lowest BCUT2D eigenvalue weighted by Crippen LogP contribution is -2.11. The lowest BCUT2D eigenvalue weighted by atomic mass is 9.87. The van der Waals surface area contributed by atoms with Crippen LogP contribution in [0.1, 0.15) is 31.9 Å². The quantitative estimate of drug-likeness (QED) is 0.651. The number of halogens is 3. The molecular formula is C17H17BrF2O. The molecule has 21 heavy (non-hydrogen) atoms. The van der Waals surface area contributed by atoms with Gasteiger partial charge in [0.15, 0.2) is 0 Å². The van der Waals surface area contributed by atoms with Crippen molar-refractivity contribution in [2.75, 3.05) is 0 Å². The minimum atomic E-state index is -0.623. The Balaban J connectivity index is 2.20. The van der Waals surface area contributed by atoms with Gasteiger partial charge in [0.1, 0.15) is 24.0 Å². The van der Waals surface area contributed by atoms with Gasteiger partial charge >= 0.3 is 0 Å². The molecule has 0 heterocycles. The normalized spacial score (nSPS) is 11.5. The average molecular weight is 355 g/mol. The molecule has 1 nitrogen and oxygen atoms in total. The third kappa shape index (κ3) is 3.82. The fourth-order valence-electron chi connectivity index (χ4n) is 1.91. The van der Waals surface area contributed by atoms with E-state index in [1.165, 1.54) is 12.1 Å². The Morgan fingerprint density at radius 2 is 1.81 bits per heavy atom. The van der Waals surface area contributed by atoms with Crippen LogP contribution in [0.25, 0.3) is 0 Å². The van der Waals surface area contributed by atoms with Crippen molar-refractivity contribution < 1.29 is 13.5 Å². The van der Waals surface area contributed by atoms with Crippen molar-refractivity contribution in [1.29, 1.82) is 0 Å². The number of hydrogen-bond acceptors (Lipinski definition) is 1. The summed E-state index contributed by atoms with van der Waals surface area (Å²) in [7, 11) is 0. The first-order valence-corrected chi connectivity index (χ1v) is 7.44. The Kier molecular flexibility index (Phi) is 4.67. The largest absolute Gasteiger partial charge is 0.489 e. The fourth-order valence-corrected chi connectivity index (χ4v) is 2.28. The van der Waals surface area contributed by atoms with Gasteiger partial charge in [-0.2, -0.15) is 0 Å². The van der Waals surface area contributed by atoms with E-state index in [-0.39, 0.29) is 22.1 Å². The maximum absolute atomic E-state index is 13.9. The molecule has 0 aromatic heterocycles. The van der Waals surface area contributed by atoms with Crippen molar-refractivity contribution >= 4 is 15.9 Å². The molecular weight excluding hydrogens is 338 g/mol. The molecule has 0 aliphatic carbocycles. The van der Waals surface area contributed by atoms with E-state index in [1.807, 2.05) is 18.2 Å². The molecule has 2 rings (SSSR count). The minimum absolute atomic E-state index is 0.00829. The van der Waals surface area contributed by atoms with Crippen molar-refractivity contribution in [2.24, 2.45) is 0 Å². The van der Waals surface area contributed by atoms with E-state index < -0.39 is 11.6 Å². The van der Waals surface area contributed by atoms with Gasteiger partial charge in [0.05, 0.1) is 10.0 Å². The summed E-state index contributed by atoms with van der Waals surface area (Å²) in [4.78, 5) is 0. The van der Waals surface area contributed by atoms with Gasteiger partial charge in [-0.25, -0.2) is 8.78 Å². The van der Waals surface area contributed by atoms with E-state index >= 15 is 0 Å². The number of hydrogen-bond donors (Lipinski definition) is 0. The van der Waals surface area contributed by atoms with Crippen molar-refractivity contribution in [2.45, 2.75) is 32.8 Å². The second-order valence-electron chi connectivity index (χ2n) is 5.89. The fraction of sp³-hybridized carbons (Fsp3) is 0.294. The summed E-state index contributed by atoms with van der Waals surface area (Å²) in [6.45, 7) is 6.14. The van der Waals surface area contributed by atoms with Gasteiger partial charge in [-0.1, -0.05) is 32.9 Å². The second-order valence-corrected chi connectivity index (χ2v) is 6.74. The molecule has 112 valence electrons. The monoisotopic (exact) mass is 354 g/mol. The maximum Gasteiger partial charge on any atom is 0.146 e. The molecule has 0 atom stereocenters. The number of benzene rings is 2. The summed E-state index contributed by atoms with van der Waals surface area (Å²) < 4.78 is 33.3. The van der Waals surface area contributed by atoms with Crippen LogP contribution in [-0.2, 0) is 12.0 Å². The van der Waals surface area contributed by atoms with E-state index in [9.17, 15) is 8.78 Å². The van der Waals surface area contributed by atoms with E-state index in [4.69, 9.17) is 4.74 Å². The van der Waals surface area contributed by atoms with E-state index in [0.29, 0.717) is 5.75 Å². The van der Waals surface area contributed by atoms with Crippen molar-refractivity contribution in [3.63, 3.8) is 0 Å². The van der Waals surface area contributed by atoms with Crippen molar-refractivity contribution in [1.82, 2.24) is 0 Å². The highest BCUT2D eigenvalue weighted by molar-refractivity contribution is 9.10. The van der Waals surface area contributed by atoms with Crippen LogP contribution in [0.5, 0.6) is 5.75 Å². The van der Waals surface area contributed by atoms with Crippen LogP contribution in [0.3, 0.4) is 0 Å². The van der Waals surface area contributed by atoms with Crippen molar-refractivity contribution in [3.05, 3.63) is 63.6 Å². The van der Waals surface area contributed by atoms with Crippen LogP contribution in [0, 0.1) is 11.6 Å². The molecule has 0 unspecified atom stereocenters. The molecule has 0 radical (unpaired) electrons. The highest BCUT2D eigenvalue weighted by Crippen LogP contribution is 2.27. The highest BCUT2D eigenvalue weighted by Gasteiger charge is 2.15.